The van der Waals surface area contributed by atoms with Gasteiger partial charge in [-0.1, -0.05) is 4.98 Å². The highest BCUT2D eigenvalue weighted by atomic mass is 31.2. The number of nitrogens with zero attached hydrogens (tertiary/aromatic N) is 6. The first-order valence-corrected chi connectivity index (χ1v) is 13.1. The molecule has 5 rings (SSSR count). The Balaban J connectivity index is 1.39. The van der Waals surface area contributed by atoms with Crippen LogP contribution in [0.25, 0.3) is 11.2 Å². The van der Waals surface area contributed by atoms with Crippen molar-refractivity contribution in [1.29, 1.82) is 0 Å². The van der Waals surface area contributed by atoms with E-state index in [1.165, 1.54) is 32.8 Å². The number of anilines is 1. The Morgan fingerprint density at radius 1 is 1.42 bits per heavy atom. The van der Waals surface area contributed by atoms with E-state index in [-0.39, 0.29) is 17.1 Å². The lowest BCUT2D eigenvalue weighted by molar-refractivity contribution is -0.745. The van der Waals surface area contributed by atoms with Gasteiger partial charge in [0.1, 0.15) is 30.9 Å². The quantitative estimate of drug-likeness (QED) is 0.125. The highest BCUT2D eigenvalue weighted by molar-refractivity contribution is 7.51. The van der Waals surface area contributed by atoms with Gasteiger partial charge in [0, 0.05) is 18.9 Å². The molecule has 0 spiro atoms. The minimum Gasteiger partial charge on any atom is -0.387 e. The minimum absolute atomic E-state index is 0.0176. The Morgan fingerprint density at radius 2 is 2.21 bits per heavy atom. The van der Waals surface area contributed by atoms with Crippen LogP contribution in [0.4, 0.5) is 10.7 Å². The molecule has 204 valence electrons. The summed E-state index contributed by atoms with van der Waals surface area (Å²) >= 11 is 0. The van der Waals surface area contributed by atoms with Crippen LogP contribution < -0.4 is 15.4 Å². The standard InChI is InChI=1S/C20H25N8O9P/c1-25-10-28(18-15(31)14(30)12(37-18)8-36-38(34,35)26-6-4-21-9-26)16-13(25)17(32)23-19(22-16)24-20(33)27-5-2-3-11(27)7-29/h4,6-7,9-12,14-15,18,30-31H,2-3,5,8H2,1H3,(H2-,22,23,24,32,33,34,35)/p+1/t11-,12+,14-,15?,18+/m0/s1. The molecule has 2 saturated heterocycles. The smallest absolute Gasteiger partial charge is 0.387 e. The van der Waals surface area contributed by atoms with E-state index in [2.05, 4.69) is 20.3 Å². The number of aldehydes is 1. The van der Waals surface area contributed by atoms with Crippen LogP contribution in [0.5, 0.6) is 0 Å². The van der Waals surface area contributed by atoms with E-state index >= 15 is 0 Å². The molecule has 2 unspecified atom stereocenters. The van der Waals surface area contributed by atoms with Crippen molar-refractivity contribution in [2.24, 2.45) is 7.05 Å². The summed E-state index contributed by atoms with van der Waals surface area (Å²) < 4.78 is 26.8. The van der Waals surface area contributed by atoms with Crippen molar-refractivity contribution < 1.29 is 43.1 Å². The molecule has 17 nitrogen and oxygen atoms in total. The van der Waals surface area contributed by atoms with E-state index in [9.17, 15) is 34.1 Å². The molecule has 5 heterocycles. The molecule has 3 aromatic rings. The van der Waals surface area contributed by atoms with E-state index < -0.39 is 56.5 Å². The first-order valence-electron chi connectivity index (χ1n) is 11.6. The topological polar surface area (TPSA) is 218 Å². The molecule has 18 heteroatoms. The number of H-pyrrole nitrogens is 1. The summed E-state index contributed by atoms with van der Waals surface area (Å²) in [7, 11) is -2.76. The van der Waals surface area contributed by atoms with E-state index in [0.29, 0.717) is 25.7 Å². The summed E-state index contributed by atoms with van der Waals surface area (Å²) in [6.45, 7) is -0.173. The zero-order valence-electron chi connectivity index (χ0n) is 20.0. The molecular formula is C20H26N8O9P+. The van der Waals surface area contributed by atoms with Crippen LogP contribution in [0, 0.1) is 0 Å². The maximum Gasteiger partial charge on any atom is 0.437 e. The molecular weight excluding hydrogens is 527 g/mol. The normalized spacial score (nSPS) is 27.1. The Morgan fingerprint density at radius 3 is 2.92 bits per heavy atom. The van der Waals surface area contributed by atoms with Crippen molar-refractivity contribution in [2.45, 2.75) is 43.4 Å². The van der Waals surface area contributed by atoms with Crippen molar-refractivity contribution >= 4 is 37.2 Å². The van der Waals surface area contributed by atoms with E-state index in [1.54, 1.807) is 7.05 Å². The zero-order valence-corrected chi connectivity index (χ0v) is 20.9. The van der Waals surface area contributed by atoms with E-state index in [4.69, 9.17) is 9.26 Å². The van der Waals surface area contributed by atoms with Crippen LogP contribution in [-0.2, 0) is 25.7 Å². The lowest BCUT2D eigenvalue weighted by Gasteiger charge is -2.19. The Labute approximate surface area is 213 Å². The minimum atomic E-state index is -4.32. The molecule has 0 saturated carbocycles. The third-order valence-electron chi connectivity index (χ3n) is 6.51. The molecule has 0 bridgehead atoms. The predicted molar refractivity (Wildman–Crippen MR) is 126 cm³/mol. The van der Waals surface area contributed by atoms with Gasteiger partial charge in [-0.25, -0.2) is 23.2 Å². The molecule has 2 fully saturated rings. The highest BCUT2D eigenvalue weighted by Crippen LogP contribution is 2.44. The first kappa shape index (κ1) is 26.1. The molecule has 0 aromatic carbocycles. The number of imidazole rings is 2. The van der Waals surface area contributed by atoms with Gasteiger partial charge in [-0.3, -0.25) is 24.2 Å². The number of amides is 2. The Kier molecular flexibility index (Phi) is 6.89. The van der Waals surface area contributed by atoms with Crippen molar-refractivity contribution in [1.82, 2.24) is 28.8 Å². The molecule has 5 N–H and O–H groups in total. The fraction of sp³-hybridized carbons (Fsp3) is 0.500. The number of aliphatic hydroxyl groups excluding tert-OH is 2. The first-order chi connectivity index (χ1) is 18.1. The number of likely N-dealkylation sites (tertiary alicyclic amines) is 1. The molecule has 2 aliphatic rings. The number of aromatic nitrogens is 6. The van der Waals surface area contributed by atoms with Crippen molar-refractivity contribution in [3.8, 4) is 0 Å². The fourth-order valence-electron chi connectivity index (χ4n) is 4.59. The van der Waals surface area contributed by atoms with Crippen molar-refractivity contribution in [3.63, 3.8) is 0 Å². The Bertz CT molecular complexity index is 1460. The average Bonchev–Trinajstić information content (AvgIpc) is 3.67. The number of urea groups is 1. The maximum absolute atomic E-state index is 12.8. The van der Waals surface area contributed by atoms with Crippen molar-refractivity contribution in [2.75, 3.05) is 18.5 Å². The molecule has 2 aliphatic heterocycles. The summed E-state index contributed by atoms with van der Waals surface area (Å²) in [6.07, 6.45) is 1.42. The number of aliphatic hydroxyl groups is 2. The largest absolute Gasteiger partial charge is 0.437 e. The molecule has 0 aliphatic carbocycles. The van der Waals surface area contributed by atoms with Crippen LogP contribution in [0.3, 0.4) is 0 Å². The number of carbonyl (C=O) groups excluding carboxylic acids is 2. The third-order valence-corrected chi connectivity index (χ3v) is 7.82. The molecule has 6 atom stereocenters. The molecule has 2 amide bonds. The van der Waals surface area contributed by atoms with E-state index in [1.807, 2.05) is 0 Å². The second kappa shape index (κ2) is 10.0. The van der Waals surface area contributed by atoms with Crippen LogP contribution in [0.1, 0.15) is 19.1 Å². The van der Waals surface area contributed by atoms with Gasteiger partial charge >= 0.3 is 19.4 Å². The number of carbonyl (C=O) groups is 2. The summed E-state index contributed by atoms with van der Waals surface area (Å²) in [5.41, 5.74) is -0.502. The fourth-order valence-corrected chi connectivity index (χ4v) is 5.48. The van der Waals surface area contributed by atoms with Gasteiger partial charge in [0.15, 0.2) is 6.33 Å². The van der Waals surface area contributed by atoms with Gasteiger partial charge in [-0.2, -0.15) is 0 Å². The van der Waals surface area contributed by atoms with Crippen LogP contribution in [0.15, 0.2) is 29.8 Å². The van der Waals surface area contributed by atoms with Gasteiger partial charge < -0.3 is 29.5 Å². The second-order valence-electron chi connectivity index (χ2n) is 8.96. The van der Waals surface area contributed by atoms with Gasteiger partial charge in [0.05, 0.1) is 19.7 Å². The second-order valence-corrected chi connectivity index (χ2v) is 10.7. The van der Waals surface area contributed by atoms with Gasteiger partial charge in [0.2, 0.25) is 11.7 Å². The van der Waals surface area contributed by atoms with Crippen molar-refractivity contribution in [3.05, 3.63) is 35.4 Å². The maximum atomic E-state index is 12.8. The van der Waals surface area contributed by atoms with Crippen LogP contribution in [-0.4, -0.2) is 93.7 Å². The van der Waals surface area contributed by atoms with Crippen LogP contribution in [0.2, 0.25) is 0 Å². The summed E-state index contributed by atoms with van der Waals surface area (Å²) in [5, 5.41) is 23.8. The number of nitrogens with one attached hydrogen (secondary N) is 2. The highest BCUT2D eigenvalue weighted by Gasteiger charge is 2.48. The Hall–Kier alpha value is -3.47. The molecule has 38 heavy (non-hydrogen) atoms. The average molecular weight is 553 g/mol. The number of aryl methyl sites for hydroxylation is 1. The number of ether oxygens (including phenoxy) is 1. The summed E-state index contributed by atoms with van der Waals surface area (Å²) in [6, 6.07) is -1.18. The zero-order chi connectivity index (χ0) is 27.2. The lowest BCUT2D eigenvalue weighted by atomic mass is 10.1. The van der Waals surface area contributed by atoms with Gasteiger partial charge in [0.25, 0.3) is 11.5 Å². The SMILES string of the molecule is Cn1c[n+]([C@@H]2O[C@H](COP(=O)(O)n3ccnc3)[C@H](O)C2O)c2nc(NC(=O)N3CCC[C@H]3C=O)[nH]c(=O)c21. The van der Waals surface area contributed by atoms with Gasteiger partial charge in [-0.15, -0.1) is 0 Å². The number of rotatable bonds is 7. The number of fused-ring (bicyclic) bond motifs is 1. The number of aromatic amines is 1. The lowest BCUT2D eigenvalue weighted by Crippen LogP contribution is -2.46. The third kappa shape index (κ3) is 4.63. The summed E-state index contributed by atoms with van der Waals surface area (Å²) in [5.74, 6) is -0.196. The molecule has 3 aromatic heterocycles. The monoisotopic (exact) mass is 553 g/mol. The van der Waals surface area contributed by atoms with E-state index in [0.717, 1.165) is 10.7 Å². The van der Waals surface area contributed by atoms with Gasteiger partial charge in [-0.05, 0) is 12.8 Å². The summed E-state index contributed by atoms with van der Waals surface area (Å²) in [4.78, 5) is 58.6. The number of hydrogen-bond acceptors (Lipinski definition) is 10. The number of hydrogen-bond donors (Lipinski definition) is 5. The van der Waals surface area contributed by atoms with Crippen LogP contribution >= 0.6 is 7.75 Å². The predicted octanol–water partition coefficient (Wildman–Crippen LogP) is -1.77. The molecule has 0 radical (unpaired) electrons.